The van der Waals surface area contributed by atoms with Gasteiger partial charge in [-0.25, -0.2) is 0 Å². The number of hydrogen-bond acceptors (Lipinski definition) is 2. The molecule has 2 aromatic carbocycles. The highest BCUT2D eigenvalue weighted by atomic mass is 79.9. The first kappa shape index (κ1) is 16.1. The van der Waals surface area contributed by atoms with Crippen molar-refractivity contribution < 1.29 is 0 Å². The number of thiol groups is 1. The Morgan fingerprint density at radius 1 is 1.14 bits per heavy atom. The number of aromatic amines is 1. The van der Waals surface area contributed by atoms with E-state index in [1.165, 1.54) is 16.5 Å². The number of benzene rings is 2. The molecule has 3 aromatic rings. The lowest BCUT2D eigenvalue weighted by molar-refractivity contribution is 0.741. The summed E-state index contributed by atoms with van der Waals surface area (Å²) in [4.78, 5) is 4.23. The minimum absolute atomic E-state index is 0.221. The van der Waals surface area contributed by atoms with E-state index in [2.05, 4.69) is 51.7 Å². The molecule has 1 atom stereocenters. The highest BCUT2D eigenvalue weighted by Gasteiger charge is 2.04. The summed E-state index contributed by atoms with van der Waals surface area (Å²) in [6.45, 7) is 2.03. The van der Waals surface area contributed by atoms with Gasteiger partial charge in [0.05, 0.1) is 0 Å². The molecule has 1 heterocycles. The predicted molar refractivity (Wildman–Crippen MR) is 97.0 cm³/mol. The van der Waals surface area contributed by atoms with Crippen LogP contribution in [0.25, 0.3) is 10.9 Å². The van der Waals surface area contributed by atoms with Crippen molar-refractivity contribution in [1.29, 1.82) is 0 Å². The molecule has 0 fully saturated rings. The Labute approximate surface area is 139 Å². The molecule has 0 aliphatic carbocycles. The predicted octanol–water partition coefficient (Wildman–Crippen LogP) is 4.80. The molecule has 0 saturated carbocycles. The molecule has 0 bridgehead atoms. The molecule has 0 radical (unpaired) electrons. The topological polar surface area (TPSA) is 41.8 Å². The average Bonchev–Trinajstić information content (AvgIpc) is 2.86. The summed E-state index contributed by atoms with van der Waals surface area (Å²) in [5, 5.41) is 1.29. The number of hydrogen-bond donors (Lipinski definition) is 3. The summed E-state index contributed by atoms with van der Waals surface area (Å²) in [6.07, 6.45) is 2.98. The Morgan fingerprint density at radius 2 is 1.81 bits per heavy atom. The maximum Gasteiger partial charge on any atom is 0.0456 e. The average molecular weight is 363 g/mol. The highest BCUT2D eigenvalue weighted by molar-refractivity contribution is 9.10. The van der Waals surface area contributed by atoms with Gasteiger partial charge in [-0.15, -0.1) is 12.6 Å². The first-order chi connectivity index (χ1) is 10.1. The summed E-state index contributed by atoms with van der Waals surface area (Å²) in [5.41, 5.74) is 8.26. The van der Waals surface area contributed by atoms with Gasteiger partial charge in [0.1, 0.15) is 0 Å². The number of halogens is 1. The van der Waals surface area contributed by atoms with Crippen molar-refractivity contribution in [3.05, 3.63) is 64.8 Å². The standard InChI is InChI=1S/C11H14N2.C6H5BrS/c1-8(12)6-9-7-13-11-5-3-2-4-10(9)11;7-5-1-3-6(8)4-2-5/h2-5,7-8,13H,6,12H2,1H3;1-4,8H. The molecule has 1 unspecified atom stereocenters. The second-order valence-electron chi connectivity index (χ2n) is 5.02. The molecule has 110 valence electrons. The molecule has 0 spiro atoms. The van der Waals surface area contributed by atoms with E-state index in [1.54, 1.807) is 0 Å². The van der Waals surface area contributed by atoms with Crippen molar-refractivity contribution in [2.24, 2.45) is 5.73 Å². The van der Waals surface area contributed by atoms with E-state index < -0.39 is 0 Å². The van der Waals surface area contributed by atoms with Crippen molar-refractivity contribution in [2.45, 2.75) is 24.3 Å². The van der Waals surface area contributed by atoms with Crippen LogP contribution in [0.4, 0.5) is 0 Å². The fourth-order valence-electron chi connectivity index (χ4n) is 2.09. The van der Waals surface area contributed by atoms with E-state index in [1.807, 2.05) is 43.5 Å². The number of para-hydroxylation sites is 1. The normalized spacial score (nSPS) is 11.8. The summed E-state index contributed by atoms with van der Waals surface area (Å²) in [7, 11) is 0. The largest absolute Gasteiger partial charge is 0.361 e. The van der Waals surface area contributed by atoms with Crippen molar-refractivity contribution in [2.75, 3.05) is 0 Å². The van der Waals surface area contributed by atoms with E-state index in [4.69, 9.17) is 5.73 Å². The Balaban J connectivity index is 0.000000173. The van der Waals surface area contributed by atoms with Gasteiger partial charge in [-0.3, -0.25) is 0 Å². The van der Waals surface area contributed by atoms with Crippen LogP contribution < -0.4 is 5.73 Å². The minimum Gasteiger partial charge on any atom is -0.361 e. The molecule has 4 heteroatoms. The van der Waals surface area contributed by atoms with Gasteiger partial charge in [0.2, 0.25) is 0 Å². The molecule has 0 amide bonds. The van der Waals surface area contributed by atoms with Gasteiger partial charge in [-0.05, 0) is 49.2 Å². The number of fused-ring (bicyclic) bond motifs is 1. The van der Waals surface area contributed by atoms with Gasteiger partial charge in [0.15, 0.2) is 0 Å². The van der Waals surface area contributed by atoms with Crippen LogP contribution in [0.1, 0.15) is 12.5 Å². The molecule has 0 aliphatic rings. The van der Waals surface area contributed by atoms with Gasteiger partial charge < -0.3 is 10.7 Å². The SMILES string of the molecule is CC(N)Cc1c[nH]c2ccccc12.Sc1ccc(Br)cc1. The van der Waals surface area contributed by atoms with Gasteiger partial charge in [-0.2, -0.15) is 0 Å². The van der Waals surface area contributed by atoms with Gasteiger partial charge in [0, 0.05) is 32.5 Å². The van der Waals surface area contributed by atoms with E-state index in [9.17, 15) is 0 Å². The lowest BCUT2D eigenvalue weighted by Crippen LogP contribution is -2.17. The van der Waals surface area contributed by atoms with Crippen molar-refractivity contribution in [3.8, 4) is 0 Å². The van der Waals surface area contributed by atoms with Crippen LogP contribution >= 0.6 is 28.6 Å². The lowest BCUT2D eigenvalue weighted by atomic mass is 10.1. The fraction of sp³-hybridized carbons (Fsp3) is 0.176. The van der Waals surface area contributed by atoms with Crippen molar-refractivity contribution >= 4 is 39.5 Å². The molecule has 2 nitrogen and oxygen atoms in total. The zero-order valence-electron chi connectivity index (χ0n) is 11.9. The van der Waals surface area contributed by atoms with E-state index in [0.717, 1.165) is 15.8 Å². The summed E-state index contributed by atoms with van der Waals surface area (Å²) in [6, 6.07) is 16.3. The second kappa shape index (κ2) is 7.69. The van der Waals surface area contributed by atoms with E-state index in [-0.39, 0.29) is 6.04 Å². The van der Waals surface area contributed by atoms with Gasteiger partial charge in [-0.1, -0.05) is 34.1 Å². The highest BCUT2D eigenvalue weighted by Crippen LogP contribution is 2.18. The van der Waals surface area contributed by atoms with E-state index in [0.29, 0.717) is 0 Å². The van der Waals surface area contributed by atoms with Crippen molar-refractivity contribution in [3.63, 3.8) is 0 Å². The summed E-state index contributed by atoms with van der Waals surface area (Å²) in [5.74, 6) is 0. The number of nitrogens with two attached hydrogens (primary N) is 1. The third-order valence-electron chi connectivity index (χ3n) is 3.04. The quantitative estimate of drug-likeness (QED) is 0.563. The smallest absolute Gasteiger partial charge is 0.0456 e. The number of H-pyrrole nitrogens is 1. The summed E-state index contributed by atoms with van der Waals surface area (Å²) < 4.78 is 1.09. The molecule has 1 aromatic heterocycles. The van der Waals surface area contributed by atoms with Crippen LogP contribution in [0.15, 0.2) is 64.1 Å². The fourth-order valence-corrected chi connectivity index (χ4v) is 2.50. The number of rotatable bonds is 2. The third-order valence-corrected chi connectivity index (χ3v) is 3.87. The number of nitrogens with one attached hydrogen (secondary N) is 1. The van der Waals surface area contributed by atoms with Gasteiger partial charge >= 0.3 is 0 Å². The lowest BCUT2D eigenvalue weighted by Gasteiger charge is -2.02. The summed E-state index contributed by atoms with van der Waals surface area (Å²) >= 11 is 7.42. The zero-order valence-corrected chi connectivity index (χ0v) is 14.4. The van der Waals surface area contributed by atoms with Crippen LogP contribution in [0, 0.1) is 0 Å². The Morgan fingerprint density at radius 3 is 2.43 bits per heavy atom. The van der Waals surface area contributed by atoms with Crippen LogP contribution in [-0.4, -0.2) is 11.0 Å². The Hall–Kier alpha value is -1.23. The molecule has 3 N–H and O–H groups in total. The molecular formula is C17H19BrN2S. The molecule has 21 heavy (non-hydrogen) atoms. The first-order valence-corrected chi connectivity index (χ1v) is 8.05. The van der Waals surface area contributed by atoms with Crippen molar-refractivity contribution in [1.82, 2.24) is 4.98 Å². The second-order valence-corrected chi connectivity index (χ2v) is 6.45. The van der Waals surface area contributed by atoms with Crippen LogP contribution in [-0.2, 0) is 6.42 Å². The Bertz CT molecular complexity index is 668. The molecular weight excluding hydrogens is 344 g/mol. The van der Waals surface area contributed by atoms with Crippen LogP contribution in [0.3, 0.4) is 0 Å². The number of aromatic nitrogens is 1. The third kappa shape index (κ3) is 4.92. The maximum absolute atomic E-state index is 5.76. The monoisotopic (exact) mass is 362 g/mol. The van der Waals surface area contributed by atoms with Crippen LogP contribution in [0.2, 0.25) is 0 Å². The maximum atomic E-state index is 5.76. The van der Waals surface area contributed by atoms with Crippen LogP contribution in [0.5, 0.6) is 0 Å². The Kier molecular flexibility index (Phi) is 5.91. The van der Waals surface area contributed by atoms with Gasteiger partial charge in [0.25, 0.3) is 0 Å². The van der Waals surface area contributed by atoms with E-state index >= 15 is 0 Å². The molecule has 3 rings (SSSR count). The first-order valence-electron chi connectivity index (χ1n) is 6.81. The zero-order chi connectivity index (χ0) is 15.2. The molecule has 0 saturated heterocycles. The molecule has 0 aliphatic heterocycles. The minimum atomic E-state index is 0.221.